The van der Waals surface area contributed by atoms with Crippen LogP contribution in [0.1, 0.15) is 18.5 Å². The van der Waals surface area contributed by atoms with E-state index in [0.29, 0.717) is 17.9 Å². The summed E-state index contributed by atoms with van der Waals surface area (Å²) in [5, 5.41) is -0.579. The van der Waals surface area contributed by atoms with Gasteiger partial charge in [0.2, 0.25) is 0 Å². The van der Waals surface area contributed by atoms with Gasteiger partial charge in [0.25, 0.3) is 0 Å². The van der Waals surface area contributed by atoms with Crippen LogP contribution in [0.3, 0.4) is 0 Å². The molecule has 1 aliphatic rings. The number of thioether (sulfide) groups is 1. The van der Waals surface area contributed by atoms with E-state index in [4.69, 9.17) is 5.73 Å². The summed E-state index contributed by atoms with van der Waals surface area (Å²) in [5.41, 5.74) is 7.26. The van der Waals surface area contributed by atoms with E-state index in [1.807, 2.05) is 4.90 Å². The third kappa shape index (κ3) is 3.27. The molecule has 1 aliphatic heterocycles. The number of benzene rings is 1. The van der Waals surface area contributed by atoms with Crippen molar-refractivity contribution in [2.75, 3.05) is 29.2 Å². The maximum atomic E-state index is 13.4. The van der Waals surface area contributed by atoms with Crippen LogP contribution in [0.25, 0.3) is 0 Å². The Bertz CT molecular complexity index is 590. The largest absolute Gasteiger partial charge is 0.353 e. The molecule has 0 amide bonds. The monoisotopic (exact) mass is 318 g/mol. The Morgan fingerprint density at radius 3 is 2.80 bits per heavy atom. The van der Waals surface area contributed by atoms with Crippen molar-refractivity contribution in [1.82, 2.24) is 0 Å². The summed E-state index contributed by atoms with van der Waals surface area (Å²) in [6.45, 7) is 2.39. The van der Waals surface area contributed by atoms with Crippen LogP contribution in [0.5, 0.6) is 0 Å². The second-order valence-corrected chi connectivity index (χ2v) is 8.40. The lowest BCUT2D eigenvalue weighted by Crippen LogP contribution is -2.47. The standard InChI is InChI=1S/C13H19FN2O2S2/c1-9(15)11-7-10(14)3-4-12(11)16-5-6-19-8-13(16)20(2,17)18/h3-4,7,9,13H,5-6,8,15H2,1-2H3/t9-,13?/m0/s1. The van der Waals surface area contributed by atoms with E-state index in [2.05, 4.69) is 0 Å². The van der Waals surface area contributed by atoms with Gasteiger partial charge in [-0.05, 0) is 30.7 Å². The number of hydrogen-bond acceptors (Lipinski definition) is 5. The summed E-state index contributed by atoms with van der Waals surface area (Å²) < 4.78 is 37.3. The van der Waals surface area contributed by atoms with Crippen molar-refractivity contribution in [3.8, 4) is 0 Å². The van der Waals surface area contributed by atoms with E-state index in [9.17, 15) is 12.8 Å². The number of anilines is 1. The van der Waals surface area contributed by atoms with E-state index in [1.165, 1.54) is 18.4 Å². The van der Waals surface area contributed by atoms with Crippen molar-refractivity contribution in [3.63, 3.8) is 0 Å². The minimum atomic E-state index is -3.21. The molecule has 4 nitrogen and oxygen atoms in total. The number of nitrogens with zero attached hydrogens (tertiary/aromatic N) is 1. The first-order valence-electron chi connectivity index (χ1n) is 6.39. The van der Waals surface area contributed by atoms with Crippen molar-refractivity contribution in [2.24, 2.45) is 5.73 Å². The van der Waals surface area contributed by atoms with Gasteiger partial charge < -0.3 is 10.6 Å². The fourth-order valence-electron chi connectivity index (χ4n) is 2.36. The van der Waals surface area contributed by atoms with Gasteiger partial charge in [0.1, 0.15) is 11.2 Å². The minimum absolute atomic E-state index is 0.351. The van der Waals surface area contributed by atoms with Crippen LogP contribution < -0.4 is 10.6 Å². The lowest BCUT2D eigenvalue weighted by molar-refractivity contribution is 0.583. The molecule has 1 fully saturated rings. The van der Waals surface area contributed by atoms with Crippen molar-refractivity contribution >= 4 is 27.3 Å². The molecule has 0 aliphatic carbocycles. The van der Waals surface area contributed by atoms with Gasteiger partial charge in [-0.3, -0.25) is 0 Å². The van der Waals surface area contributed by atoms with Gasteiger partial charge in [-0.25, -0.2) is 12.8 Å². The van der Waals surface area contributed by atoms with Crippen molar-refractivity contribution in [1.29, 1.82) is 0 Å². The van der Waals surface area contributed by atoms with Gasteiger partial charge in [0.05, 0.1) is 0 Å². The van der Waals surface area contributed by atoms with Gasteiger partial charge in [-0.15, -0.1) is 0 Å². The average molecular weight is 318 g/mol. The van der Waals surface area contributed by atoms with Crippen molar-refractivity contribution < 1.29 is 12.8 Å². The Hall–Kier alpha value is -0.790. The minimum Gasteiger partial charge on any atom is -0.353 e. The molecule has 2 rings (SSSR count). The Morgan fingerprint density at radius 2 is 2.20 bits per heavy atom. The highest BCUT2D eigenvalue weighted by Gasteiger charge is 2.32. The molecule has 0 radical (unpaired) electrons. The molecule has 1 heterocycles. The Morgan fingerprint density at radius 1 is 1.50 bits per heavy atom. The van der Waals surface area contributed by atoms with Crippen LogP contribution in [0.4, 0.5) is 10.1 Å². The first-order valence-corrected chi connectivity index (χ1v) is 9.50. The first kappa shape index (κ1) is 15.6. The predicted molar refractivity (Wildman–Crippen MR) is 82.3 cm³/mol. The average Bonchev–Trinajstić information content (AvgIpc) is 2.37. The van der Waals surface area contributed by atoms with Gasteiger partial charge >= 0.3 is 0 Å². The number of halogens is 1. The predicted octanol–water partition coefficient (Wildman–Crippen LogP) is 1.77. The summed E-state index contributed by atoms with van der Waals surface area (Å²) in [7, 11) is -3.21. The number of rotatable bonds is 3. The quantitative estimate of drug-likeness (QED) is 0.920. The molecule has 1 unspecified atom stereocenters. The Balaban J connectivity index is 2.48. The van der Waals surface area contributed by atoms with E-state index in [-0.39, 0.29) is 11.9 Å². The third-order valence-corrected chi connectivity index (χ3v) is 6.01. The fraction of sp³-hybridized carbons (Fsp3) is 0.538. The SMILES string of the molecule is C[C@H](N)c1cc(F)ccc1N1CCSCC1S(C)(=O)=O. The molecule has 20 heavy (non-hydrogen) atoms. The summed E-state index contributed by atoms with van der Waals surface area (Å²) in [4.78, 5) is 1.84. The highest BCUT2D eigenvalue weighted by atomic mass is 32.2. The lowest BCUT2D eigenvalue weighted by Gasteiger charge is -2.37. The van der Waals surface area contributed by atoms with Gasteiger partial charge in [0.15, 0.2) is 9.84 Å². The highest BCUT2D eigenvalue weighted by Crippen LogP contribution is 2.32. The molecule has 112 valence electrons. The highest BCUT2D eigenvalue weighted by molar-refractivity contribution is 8.01. The molecule has 2 N–H and O–H groups in total. The molecular weight excluding hydrogens is 299 g/mol. The van der Waals surface area contributed by atoms with Crippen LogP contribution in [0.2, 0.25) is 0 Å². The molecule has 1 saturated heterocycles. The molecule has 1 aromatic carbocycles. The van der Waals surface area contributed by atoms with Crippen molar-refractivity contribution in [2.45, 2.75) is 18.3 Å². The van der Waals surface area contributed by atoms with E-state index < -0.39 is 15.2 Å². The van der Waals surface area contributed by atoms with Crippen LogP contribution in [0, 0.1) is 5.82 Å². The summed E-state index contributed by atoms with van der Waals surface area (Å²) in [6, 6.07) is 4.02. The maximum Gasteiger partial charge on any atom is 0.169 e. The van der Waals surface area contributed by atoms with E-state index >= 15 is 0 Å². The van der Waals surface area contributed by atoms with Gasteiger partial charge in [-0.2, -0.15) is 11.8 Å². The molecule has 2 atom stereocenters. The van der Waals surface area contributed by atoms with Crippen LogP contribution >= 0.6 is 11.8 Å². The molecule has 0 aromatic heterocycles. The van der Waals surface area contributed by atoms with Crippen LogP contribution in [-0.4, -0.2) is 38.1 Å². The number of sulfone groups is 1. The molecule has 0 spiro atoms. The zero-order valence-corrected chi connectivity index (χ0v) is 13.2. The molecule has 7 heteroatoms. The van der Waals surface area contributed by atoms with Gasteiger partial charge in [-0.1, -0.05) is 0 Å². The third-order valence-electron chi connectivity index (χ3n) is 3.37. The topological polar surface area (TPSA) is 63.4 Å². The molecule has 0 bridgehead atoms. The zero-order valence-electron chi connectivity index (χ0n) is 11.5. The zero-order chi connectivity index (χ0) is 14.9. The first-order chi connectivity index (χ1) is 9.30. The number of nitrogens with two attached hydrogens (primary N) is 1. The Labute approximate surface area is 123 Å². The fourth-order valence-corrected chi connectivity index (χ4v) is 5.20. The molecule has 0 saturated carbocycles. The van der Waals surface area contributed by atoms with Crippen molar-refractivity contribution in [3.05, 3.63) is 29.6 Å². The lowest BCUT2D eigenvalue weighted by atomic mass is 10.1. The second kappa shape index (κ2) is 5.91. The van der Waals surface area contributed by atoms with E-state index in [1.54, 1.807) is 24.8 Å². The van der Waals surface area contributed by atoms with Crippen LogP contribution in [-0.2, 0) is 9.84 Å². The summed E-state index contributed by atoms with van der Waals surface area (Å²) in [6.07, 6.45) is 1.24. The second-order valence-electron chi connectivity index (χ2n) is 5.04. The smallest absolute Gasteiger partial charge is 0.169 e. The van der Waals surface area contributed by atoms with E-state index in [0.717, 1.165) is 11.4 Å². The Kier molecular flexibility index (Phi) is 4.61. The van der Waals surface area contributed by atoms with Crippen LogP contribution in [0.15, 0.2) is 18.2 Å². The molecular formula is C13H19FN2O2S2. The summed E-state index contributed by atoms with van der Waals surface area (Å²) >= 11 is 1.62. The molecule has 1 aromatic rings. The number of hydrogen-bond donors (Lipinski definition) is 1. The van der Waals surface area contributed by atoms with Gasteiger partial charge in [0, 0.05) is 36.0 Å². The summed E-state index contributed by atoms with van der Waals surface area (Å²) in [5.74, 6) is 1.01. The maximum absolute atomic E-state index is 13.4. The normalized spacial score (nSPS) is 21.8.